The Bertz CT molecular complexity index is 596. The van der Waals surface area contributed by atoms with Crippen LogP contribution < -0.4 is 0 Å². The van der Waals surface area contributed by atoms with Crippen LogP contribution in [0.2, 0.25) is 20.1 Å². The molecule has 101 valence electrons. The molecule has 2 N–H and O–H groups in total. The summed E-state index contributed by atoms with van der Waals surface area (Å²) in [6, 6.07) is 5.91. The van der Waals surface area contributed by atoms with E-state index in [1.807, 2.05) is 0 Å². The van der Waals surface area contributed by atoms with E-state index in [4.69, 9.17) is 46.4 Å². The minimum absolute atomic E-state index is 0. The number of hydrogen-bond acceptors (Lipinski definition) is 3. The van der Waals surface area contributed by atoms with Gasteiger partial charge in [0.15, 0.2) is 0 Å². The molecule has 2 nitrogen and oxygen atoms in total. The number of halogens is 4. The number of phenols is 2. The van der Waals surface area contributed by atoms with E-state index in [2.05, 4.69) is 0 Å². The van der Waals surface area contributed by atoms with Crippen molar-refractivity contribution >= 4 is 87.7 Å². The summed E-state index contributed by atoms with van der Waals surface area (Å²) < 4.78 is 0. The summed E-state index contributed by atoms with van der Waals surface area (Å²) in [6.07, 6.45) is 0. The van der Waals surface area contributed by atoms with Crippen molar-refractivity contribution in [1.29, 1.82) is 0 Å². The maximum absolute atomic E-state index is 9.85. The first-order valence-corrected chi connectivity index (χ1v) is 7.25. The molecule has 0 aliphatic carbocycles. The first kappa shape index (κ1) is 18.6. The van der Waals surface area contributed by atoms with E-state index in [0.717, 1.165) is 11.8 Å². The molecule has 0 saturated heterocycles. The normalized spacial score (nSPS) is 10.2. The van der Waals surface area contributed by atoms with Crippen LogP contribution in [0.15, 0.2) is 34.1 Å². The van der Waals surface area contributed by atoms with Crippen LogP contribution in [-0.2, 0) is 0 Å². The number of hydrogen-bond donors (Lipinski definition) is 2. The maximum Gasteiger partial charge on any atom is 0.148 e. The smallest absolute Gasteiger partial charge is 0.148 e. The molecule has 0 bridgehead atoms. The van der Waals surface area contributed by atoms with E-state index in [0.29, 0.717) is 19.8 Å². The van der Waals surface area contributed by atoms with Crippen molar-refractivity contribution in [3.63, 3.8) is 0 Å². The van der Waals surface area contributed by atoms with Crippen molar-refractivity contribution in [1.82, 2.24) is 0 Å². The fraction of sp³-hybridized carbons (Fsp3) is 0. The van der Waals surface area contributed by atoms with Crippen LogP contribution in [0.25, 0.3) is 0 Å². The Kier molecular flexibility index (Phi) is 7.16. The number of aromatic hydroxyl groups is 2. The Labute approximate surface area is 162 Å². The summed E-state index contributed by atoms with van der Waals surface area (Å²) >= 11 is 24.4. The van der Waals surface area contributed by atoms with Crippen molar-refractivity contribution in [3.8, 4) is 11.5 Å². The van der Waals surface area contributed by atoms with Gasteiger partial charge in [0, 0.05) is 39.6 Å². The van der Waals surface area contributed by atoms with Crippen LogP contribution in [0.4, 0.5) is 0 Å². The van der Waals surface area contributed by atoms with Gasteiger partial charge >= 0.3 is 0 Å². The molecule has 2 aromatic rings. The predicted molar refractivity (Wildman–Crippen MR) is 86.1 cm³/mol. The molecule has 0 saturated carbocycles. The van der Waals surface area contributed by atoms with Gasteiger partial charge in [0.05, 0.1) is 19.8 Å². The minimum atomic E-state index is -0.119. The first-order valence-electron chi connectivity index (χ1n) is 4.92. The third-order valence-electron chi connectivity index (χ3n) is 2.21. The molecule has 0 unspecified atom stereocenters. The van der Waals surface area contributed by atoms with E-state index < -0.39 is 0 Å². The molecule has 0 aliphatic heterocycles. The standard InChI is InChI=1S/C12H6Cl4O2S.Na/c13-5-1-7(15)11(17)9(3-5)19-10-4-6(14)2-8(16)12(10)18;/h1-4,17-18H;. The Morgan fingerprint density at radius 3 is 1.40 bits per heavy atom. The van der Waals surface area contributed by atoms with Crippen molar-refractivity contribution in [2.75, 3.05) is 0 Å². The molecule has 2 aromatic carbocycles. The summed E-state index contributed by atoms with van der Waals surface area (Å²) in [5.41, 5.74) is 0. The average Bonchev–Trinajstić information content (AvgIpc) is 2.31. The van der Waals surface area contributed by atoms with Gasteiger partial charge < -0.3 is 10.2 Å². The Morgan fingerprint density at radius 2 is 1.05 bits per heavy atom. The fourth-order valence-electron chi connectivity index (χ4n) is 1.36. The second kappa shape index (κ2) is 7.70. The third-order valence-corrected chi connectivity index (χ3v) is 4.28. The summed E-state index contributed by atoms with van der Waals surface area (Å²) in [5.74, 6) is -0.238. The van der Waals surface area contributed by atoms with E-state index in [9.17, 15) is 10.2 Å². The van der Waals surface area contributed by atoms with Gasteiger partial charge in [-0.05, 0) is 24.3 Å². The van der Waals surface area contributed by atoms with E-state index in [1.165, 1.54) is 24.3 Å². The molecular weight excluding hydrogens is 373 g/mol. The largest absolute Gasteiger partial charge is 0.505 e. The monoisotopic (exact) mass is 377 g/mol. The minimum Gasteiger partial charge on any atom is -0.505 e. The quantitative estimate of drug-likeness (QED) is 0.679. The van der Waals surface area contributed by atoms with Gasteiger partial charge in [-0.3, -0.25) is 0 Å². The Balaban J connectivity index is 0.00000200. The van der Waals surface area contributed by atoms with Gasteiger partial charge in [0.2, 0.25) is 0 Å². The Hall–Kier alpha value is 0.550. The van der Waals surface area contributed by atoms with E-state index in [-0.39, 0.29) is 51.1 Å². The van der Waals surface area contributed by atoms with Crippen molar-refractivity contribution < 1.29 is 10.2 Å². The van der Waals surface area contributed by atoms with E-state index >= 15 is 0 Å². The molecule has 0 aromatic heterocycles. The third kappa shape index (κ3) is 4.28. The molecule has 0 fully saturated rings. The molecular formula is C12H6Cl4NaO2S. The van der Waals surface area contributed by atoms with Crippen molar-refractivity contribution in [2.24, 2.45) is 0 Å². The Morgan fingerprint density at radius 1 is 0.700 bits per heavy atom. The maximum atomic E-state index is 9.85. The van der Waals surface area contributed by atoms with Crippen LogP contribution >= 0.6 is 58.2 Å². The summed E-state index contributed by atoms with van der Waals surface area (Å²) in [5, 5.41) is 20.7. The van der Waals surface area contributed by atoms with Crippen LogP contribution in [-0.4, -0.2) is 39.8 Å². The van der Waals surface area contributed by atoms with Gasteiger partial charge in [0.1, 0.15) is 11.5 Å². The zero-order chi connectivity index (χ0) is 14.2. The topological polar surface area (TPSA) is 40.5 Å². The molecule has 8 heteroatoms. The van der Waals surface area contributed by atoms with Crippen LogP contribution in [0.1, 0.15) is 0 Å². The van der Waals surface area contributed by atoms with Crippen molar-refractivity contribution in [2.45, 2.75) is 9.79 Å². The summed E-state index contributed by atoms with van der Waals surface area (Å²) in [4.78, 5) is 0.789. The number of rotatable bonds is 2. The molecule has 20 heavy (non-hydrogen) atoms. The van der Waals surface area contributed by atoms with Gasteiger partial charge in [-0.15, -0.1) is 0 Å². The van der Waals surface area contributed by atoms with Gasteiger partial charge in [0.25, 0.3) is 0 Å². The van der Waals surface area contributed by atoms with Gasteiger partial charge in [-0.1, -0.05) is 58.2 Å². The van der Waals surface area contributed by atoms with Crippen molar-refractivity contribution in [3.05, 3.63) is 44.4 Å². The van der Waals surface area contributed by atoms with Gasteiger partial charge in [-0.2, -0.15) is 0 Å². The van der Waals surface area contributed by atoms with E-state index in [1.54, 1.807) is 0 Å². The fourth-order valence-corrected chi connectivity index (χ4v) is 3.61. The summed E-state index contributed by atoms with van der Waals surface area (Å²) in [7, 11) is 0. The molecule has 2 rings (SSSR count). The first-order chi connectivity index (χ1) is 8.88. The molecule has 0 aliphatic rings. The van der Waals surface area contributed by atoms with Crippen LogP contribution in [0.3, 0.4) is 0 Å². The van der Waals surface area contributed by atoms with Gasteiger partial charge in [-0.25, -0.2) is 0 Å². The average molecular weight is 379 g/mol. The molecule has 0 spiro atoms. The second-order valence-corrected chi connectivity index (χ2v) is 6.34. The predicted octanol–water partition coefficient (Wildman–Crippen LogP) is 5.48. The zero-order valence-corrected chi connectivity index (χ0v) is 16.0. The SMILES string of the molecule is Oc1c(Cl)cc(Cl)cc1Sc1cc(Cl)cc(Cl)c1O.[Na]. The second-order valence-electron chi connectivity index (χ2n) is 3.57. The molecule has 0 atom stereocenters. The van der Waals surface area contributed by atoms with Crippen LogP contribution in [0.5, 0.6) is 11.5 Å². The number of benzene rings is 2. The molecule has 0 heterocycles. The van der Waals surface area contributed by atoms with Crippen LogP contribution in [0, 0.1) is 0 Å². The summed E-state index contributed by atoms with van der Waals surface area (Å²) in [6.45, 7) is 0. The zero-order valence-electron chi connectivity index (χ0n) is 10.1. The number of phenolic OH excluding ortho intramolecular Hbond substituents is 2. The molecule has 1 radical (unpaired) electrons. The molecule has 0 amide bonds.